The van der Waals surface area contributed by atoms with Crippen LogP contribution < -0.4 is 11.1 Å². The zero-order chi connectivity index (χ0) is 14.4. The summed E-state index contributed by atoms with van der Waals surface area (Å²) >= 11 is 0. The lowest BCUT2D eigenvalue weighted by atomic mass is 10.1. The zero-order valence-electron chi connectivity index (χ0n) is 11.2. The van der Waals surface area contributed by atoms with Gasteiger partial charge in [0.2, 0.25) is 5.91 Å². The number of hydrogen-bond acceptors (Lipinski definition) is 3. The van der Waals surface area contributed by atoms with Crippen LogP contribution in [-0.2, 0) is 4.79 Å². The molecule has 1 aliphatic rings. The SMILES string of the molecule is NCC#Cc1ccccc1C(=O)N1CCNC(=O)CC1. The van der Waals surface area contributed by atoms with Gasteiger partial charge in [-0.25, -0.2) is 0 Å². The summed E-state index contributed by atoms with van der Waals surface area (Å²) in [7, 11) is 0. The van der Waals surface area contributed by atoms with Crippen molar-refractivity contribution < 1.29 is 9.59 Å². The monoisotopic (exact) mass is 271 g/mol. The van der Waals surface area contributed by atoms with Gasteiger partial charge in [-0.2, -0.15) is 0 Å². The minimum Gasteiger partial charge on any atom is -0.354 e. The van der Waals surface area contributed by atoms with E-state index in [9.17, 15) is 9.59 Å². The average Bonchev–Trinajstić information content (AvgIpc) is 2.69. The molecule has 1 aliphatic heterocycles. The number of carbonyl (C=O) groups is 2. The number of hydrogen-bond donors (Lipinski definition) is 2. The Hall–Kier alpha value is -2.32. The van der Waals surface area contributed by atoms with E-state index in [1.165, 1.54) is 0 Å². The lowest BCUT2D eigenvalue weighted by Crippen LogP contribution is -2.34. The summed E-state index contributed by atoms with van der Waals surface area (Å²) in [6.07, 6.45) is 0.336. The molecule has 0 radical (unpaired) electrons. The van der Waals surface area contributed by atoms with Gasteiger partial charge in [0.1, 0.15) is 0 Å². The van der Waals surface area contributed by atoms with E-state index in [4.69, 9.17) is 5.73 Å². The van der Waals surface area contributed by atoms with E-state index in [1.54, 1.807) is 17.0 Å². The predicted octanol–water partition coefficient (Wildman–Crippen LogP) is -0.0411. The van der Waals surface area contributed by atoms with Crippen LogP contribution in [0.3, 0.4) is 0 Å². The maximum atomic E-state index is 12.5. The Balaban J connectivity index is 2.22. The van der Waals surface area contributed by atoms with Gasteiger partial charge in [0.25, 0.3) is 5.91 Å². The zero-order valence-corrected chi connectivity index (χ0v) is 11.2. The van der Waals surface area contributed by atoms with Crippen LogP contribution in [0.15, 0.2) is 24.3 Å². The Morgan fingerprint density at radius 2 is 2.15 bits per heavy atom. The van der Waals surface area contributed by atoms with E-state index >= 15 is 0 Å². The van der Waals surface area contributed by atoms with Crippen molar-refractivity contribution in [2.45, 2.75) is 6.42 Å². The van der Waals surface area contributed by atoms with Crippen LogP contribution in [0.4, 0.5) is 0 Å². The summed E-state index contributed by atoms with van der Waals surface area (Å²) in [6.45, 7) is 1.69. The molecule has 2 rings (SSSR count). The molecule has 104 valence electrons. The first-order valence-corrected chi connectivity index (χ1v) is 6.56. The Kier molecular flexibility index (Phi) is 4.75. The molecule has 20 heavy (non-hydrogen) atoms. The first-order chi connectivity index (χ1) is 9.72. The quantitative estimate of drug-likeness (QED) is 0.704. The molecule has 5 heteroatoms. The summed E-state index contributed by atoms with van der Waals surface area (Å²) < 4.78 is 0. The first-order valence-electron chi connectivity index (χ1n) is 6.56. The van der Waals surface area contributed by atoms with Crippen molar-refractivity contribution in [3.63, 3.8) is 0 Å². The van der Waals surface area contributed by atoms with Crippen molar-refractivity contribution in [1.82, 2.24) is 10.2 Å². The lowest BCUT2D eigenvalue weighted by Gasteiger charge is -2.20. The third-order valence-corrected chi connectivity index (χ3v) is 3.08. The van der Waals surface area contributed by atoms with Gasteiger partial charge in [-0.1, -0.05) is 24.0 Å². The highest BCUT2D eigenvalue weighted by molar-refractivity contribution is 5.97. The molecule has 0 bridgehead atoms. The molecule has 2 amide bonds. The van der Waals surface area contributed by atoms with E-state index < -0.39 is 0 Å². The van der Waals surface area contributed by atoms with E-state index in [0.717, 1.165) is 0 Å². The summed E-state index contributed by atoms with van der Waals surface area (Å²) in [4.78, 5) is 25.5. The minimum absolute atomic E-state index is 0.0171. The number of nitrogens with two attached hydrogens (primary N) is 1. The number of nitrogens with one attached hydrogen (secondary N) is 1. The van der Waals surface area contributed by atoms with Crippen molar-refractivity contribution in [1.29, 1.82) is 0 Å². The summed E-state index contributed by atoms with van der Waals surface area (Å²) in [5.41, 5.74) is 6.60. The lowest BCUT2D eigenvalue weighted by molar-refractivity contribution is -0.120. The smallest absolute Gasteiger partial charge is 0.255 e. The van der Waals surface area contributed by atoms with Crippen LogP contribution in [0.5, 0.6) is 0 Å². The summed E-state index contributed by atoms with van der Waals surface area (Å²) in [5.74, 6) is 5.56. The minimum atomic E-state index is -0.0941. The van der Waals surface area contributed by atoms with Gasteiger partial charge in [-0.05, 0) is 12.1 Å². The van der Waals surface area contributed by atoms with Crippen LogP contribution in [0, 0.1) is 11.8 Å². The van der Waals surface area contributed by atoms with Crippen LogP contribution in [0.25, 0.3) is 0 Å². The van der Waals surface area contributed by atoms with Crippen LogP contribution in [0.2, 0.25) is 0 Å². The molecule has 1 fully saturated rings. The molecule has 3 N–H and O–H groups in total. The molecular formula is C15H17N3O2. The second kappa shape index (κ2) is 6.73. The molecule has 0 unspecified atom stereocenters. The molecule has 0 atom stereocenters. The van der Waals surface area contributed by atoms with Gasteiger partial charge in [-0.15, -0.1) is 0 Å². The van der Waals surface area contributed by atoms with Crippen LogP contribution in [-0.4, -0.2) is 42.9 Å². The highest BCUT2D eigenvalue weighted by Gasteiger charge is 2.21. The number of amides is 2. The molecule has 0 saturated carbocycles. The molecule has 1 aromatic carbocycles. The molecule has 1 aromatic rings. The molecule has 0 spiro atoms. The maximum Gasteiger partial charge on any atom is 0.255 e. The van der Waals surface area contributed by atoms with Gasteiger partial charge in [0, 0.05) is 31.6 Å². The van der Waals surface area contributed by atoms with Gasteiger partial charge in [0.15, 0.2) is 0 Å². The third kappa shape index (κ3) is 3.37. The van der Waals surface area contributed by atoms with Gasteiger partial charge >= 0.3 is 0 Å². The van der Waals surface area contributed by atoms with Gasteiger partial charge in [-0.3, -0.25) is 9.59 Å². The Morgan fingerprint density at radius 1 is 1.35 bits per heavy atom. The van der Waals surface area contributed by atoms with Crippen molar-refractivity contribution >= 4 is 11.8 Å². The molecule has 1 heterocycles. The number of carbonyl (C=O) groups excluding carboxylic acids is 2. The number of benzene rings is 1. The second-order valence-corrected chi connectivity index (χ2v) is 4.44. The highest BCUT2D eigenvalue weighted by Crippen LogP contribution is 2.12. The van der Waals surface area contributed by atoms with Crippen LogP contribution in [0.1, 0.15) is 22.3 Å². The third-order valence-electron chi connectivity index (χ3n) is 3.08. The molecule has 0 aliphatic carbocycles. The topological polar surface area (TPSA) is 75.4 Å². The van der Waals surface area contributed by atoms with Crippen molar-refractivity contribution in [3.8, 4) is 11.8 Å². The largest absolute Gasteiger partial charge is 0.354 e. The fourth-order valence-electron chi connectivity index (χ4n) is 2.07. The second-order valence-electron chi connectivity index (χ2n) is 4.44. The standard InChI is InChI=1S/C15H17N3O2/c16-8-3-5-12-4-1-2-6-13(12)15(20)18-10-7-14(19)17-9-11-18/h1-2,4,6H,7-11,16H2,(H,17,19). The van der Waals surface area contributed by atoms with E-state index in [2.05, 4.69) is 17.2 Å². The van der Waals surface area contributed by atoms with E-state index in [-0.39, 0.29) is 18.4 Å². The Morgan fingerprint density at radius 3 is 2.95 bits per heavy atom. The fraction of sp³-hybridized carbons (Fsp3) is 0.333. The van der Waals surface area contributed by atoms with Crippen LogP contribution >= 0.6 is 0 Å². The Labute approximate surface area is 118 Å². The predicted molar refractivity (Wildman–Crippen MR) is 75.9 cm³/mol. The molecule has 1 saturated heterocycles. The number of nitrogens with zero attached hydrogens (tertiary/aromatic N) is 1. The normalized spacial score (nSPS) is 14.8. The molecule has 5 nitrogen and oxygen atoms in total. The fourth-order valence-corrected chi connectivity index (χ4v) is 2.07. The first kappa shape index (κ1) is 14.1. The van der Waals surface area contributed by atoms with Gasteiger partial charge < -0.3 is 16.0 Å². The Bertz CT molecular complexity index is 572. The summed E-state index contributed by atoms with van der Waals surface area (Å²) in [6, 6.07) is 7.20. The maximum absolute atomic E-state index is 12.5. The van der Waals surface area contributed by atoms with Crippen molar-refractivity contribution in [2.75, 3.05) is 26.2 Å². The van der Waals surface area contributed by atoms with E-state index in [1.807, 2.05) is 12.1 Å². The average molecular weight is 271 g/mol. The molecule has 0 aromatic heterocycles. The summed E-state index contributed by atoms with van der Waals surface area (Å²) in [5, 5.41) is 2.75. The van der Waals surface area contributed by atoms with E-state index in [0.29, 0.717) is 37.2 Å². The van der Waals surface area contributed by atoms with Crippen molar-refractivity contribution in [3.05, 3.63) is 35.4 Å². The molecular weight excluding hydrogens is 254 g/mol. The number of rotatable bonds is 1. The van der Waals surface area contributed by atoms with Gasteiger partial charge in [0.05, 0.1) is 12.1 Å². The van der Waals surface area contributed by atoms with Crippen molar-refractivity contribution in [2.24, 2.45) is 5.73 Å². The highest BCUT2D eigenvalue weighted by atomic mass is 16.2.